The van der Waals surface area contributed by atoms with Gasteiger partial charge in [0, 0.05) is 29.7 Å². The molecule has 108 valence electrons. The number of nitrogens with zero attached hydrogens (tertiary/aromatic N) is 1. The van der Waals surface area contributed by atoms with Crippen molar-refractivity contribution in [2.75, 3.05) is 7.11 Å². The molecule has 3 nitrogen and oxygen atoms in total. The van der Waals surface area contributed by atoms with Crippen molar-refractivity contribution in [1.82, 2.24) is 4.98 Å². The van der Waals surface area contributed by atoms with Crippen molar-refractivity contribution in [2.24, 2.45) is 17.8 Å². The average Bonchev–Trinajstić information content (AvgIpc) is 3.17. The van der Waals surface area contributed by atoms with Gasteiger partial charge in [0.1, 0.15) is 11.5 Å². The summed E-state index contributed by atoms with van der Waals surface area (Å²) in [5.41, 5.74) is 2.94. The smallest absolute Gasteiger partial charge is 0.142 e. The van der Waals surface area contributed by atoms with Crippen LogP contribution in [0.2, 0.25) is 0 Å². The molecule has 1 aromatic rings. The van der Waals surface area contributed by atoms with Crippen molar-refractivity contribution < 1.29 is 9.53 Å². The zero-order valence-corrected chi connectivity index (χ0v) is 12.6. The van der Waals surface area contributed by atoms with E-state index in [-0.39, 0.29) is 0 Å². The van der Waals surface area contributed by atoms with Crippen LogP contribution in [-0.4, -0.2) is 17.9 Å². The van der Waals surface area contributed by atoms with Crippen LogP contribution in [0.15, 0.2) is 6.20 Å². The van der Waals surface area contributed by atoms with Gasteiger partial charge in [-0.2, -0.15) is 0 Å². The van der Waals surface area contributed by atoms with E-state index in [1.54, 1.807) is 7.11 Å². The molecule has 2 fully saturated rings. The first-order valence-electron chi connectivity index (χ1n) is 7.65. The van der Waals surface area contributed by atoms with Crippen LogP contribution in [0.4, 0.5) is 0 Å². The van der Waals surface area contributed by atoms with Crippen LogP contribution < -0.4 is 4.74 Å². The summed E-state index contributed by atoms with van der Waals surface area (Å²) in [7, 11) is 1.68. The number of carbonyl (C=O) groups is 1. The molecule has 2 unspecified atom stereocenters. The molecule has 1 aromatic heterocycles. The number of ether oxygens (including phenoxy) is 1. The van der Waals surface area contributed by atoms with Gasteiger partial charge in [-0.3, -0.25) is 9.78 Å². The molecular formula is C17H23NO2. The highest BCUT2D eigenvalue weighted by atomic mass is 16.5. The lowest BCUT2D eigenvalue weighted by atomic mass is 10.0. The molecule has 2 aliphatic rings. The van der Waals surface area contributed by atoms with E-state index in [1.165, 1.54) is 25.7 Å². The Morgan fingerprint density at radius 2 is 1.95 bits per heavy atom. The number of carbonyl (C=O) groups excluding carboxylic acids is 1. The first-order valence-corrected chi connectivity index (χ1v) is 7.65. The Balaban J connectivity index is 1.74. The summed E-state index contributed by atoms with van der Waals surface area (Å²) in [4.78, 5) is 17.0. The third kappa shape index (κ3) is 2.23. The molecular weight excluding hydrogens is 250 g/mol. The molecule has 0 spiro atoms. The monoisotopic (exact) mass is 273 g/mol. The SMILES string of the molecule is COc1c(C)cnc(CC(=O)C2C3CCCCC32)c1C. The summed E-state index contributed by atoms with van der Waals surface area (Å²) < 4.78 is 5.42. The van der Waals surface area contributed by atoms with Gasteiger partial charge in [-0.1, -0.05) is 12.8 Å². The Bertz CT molecular complexity index is 526. The van der Waals surface area contributed by atoms with E-state index in [0.29, 0.717) is 30.0 Å². The van der Waals surface area contributed by atoms with E-state index in [0.717, 1.165) is 22.6 Å². The molecule has 2 saturated carbocycles. The van der Waals surface area contributed by atoms with Gasteiger partial charge in [-0.05, 0) is 38.5 Å². The van der Waals surface area contributed by atoms with Crippen LogP contribution >= 0.6 is 0 Å². The number of fused-ring (bicyclic) bond motifs is 1. The minimum absolute atomic E-state index is 0.325. The molecule has 3 rings (SSSR count). The van der Waals surface area contributed by atoms with Crippen molar-refractivity contribution in [2.45, 2.75) is 46.0 Å². The highest BCUT2D eigenvalue weighted by Crippen LogP contribution is 2.56. The molecule has 2 aliphatic carbocycles. The Labute approximate surface area is 120 Å². The molecule has 0 amide bonds. The van der Waals surface area contributed by atoms with Crippen molar-refractivity contribution in [3.8, 4) is 5.75 Å². The van der Waals surface area contributed by atoms with Crippen molar-refractivity contribution in [3.05, 3.63) is 23.0 Å². The predicted molar refractivity (Wildman–Crippen MR) is 77.9 cm³/mol. The molecule has 2 atom stereocenters. The number of methoxy groups -OCH3 is 1. The quantitative estimate of drug-likeness (QED) is 0.845. The third-order valence-corrected chi connectivity index (χ3v) is 5.12. The number of rotatable bonds is 4. The number of hydrogen-bond acceptors (Lipinski definition) is 3. The van der Waals surface area contributed by atoms with E-state index >= 15 is 0 Å². The van der Waals surface area contributed by atoms with Crippen LogP contribution in [0.3, 0.4) is 0 Å². The first-order chi connectivity index (χ1) is 9.63. The van der Waals surface area contributed by atoms with Crippen LogP contribution in [0.5, 0.6) is 5.75 Å². The molecule has 0 bridgehead atoms. The lowest BCUT2D eigenvalue weighted by molar-refractivity contribution is -0.120. The fourth-order valence-electron chi connectivity index (χ4n) is 4.00. The number of ketones is 1. The van der Waals surface area contributed by atoms with Crippen molar-refractivity contribution >= 4 is 5.78 Å². The van der Waals surface area contributed by atoms with Gasteiger partial charge in [0.2, 0.25) is 0 Å². The highest BCUT2D eigenvalue weighted by Gasteiger charge is 2.54. The lowest BCUT2D eigenvalue weighted by Gasteiger charge is -2.11. The zero-order valence-electron chi connectivity index (χ0n) is 12.6. The van der Waals surface area contributed by atoms with Gasteiger partial charge in [0.05, 0.1) is 12.8 Å². The largest absolute Gasteiger partial charge is 0.496 e. The minimum atomic E-state index is 0.325. The molecule has 20 heavy (non-hydrogen) atoms. The normalized spacial score (nSPS) is 27.9. The maximum absolute atomic E-state index is 12.5. The summed E-state index contributed by atoms with van der Waals surface area (Å²) >= 11 is 0. The molecule has 0 saturated heterocycles. The number of aryl methyl sites for hydroxylation is 1. The second kappa shape index (κ2) is 5.19. The maximum Gasteiger partial charge on any atom is 0.142 e. The lowest BCUT2D eigenvalue weighted by Crippen LogP contribution is -2.11. The Morgan fingerprint density at radius 3 is 2.55 bits per heavy atom. The van der Waals surface area contributed by atoms with E-state index in [1.807, 2.05) is 20.0 Å². The molecule has 1 heterocycles. The Hall–Kier alpha value is -1.38. The molecule has 0 radical (unpaired) electrons. The Kier molecular flexibility index (Phi) is 3.53. The second-order valence-electron chi connectivity index (χ2n) is 6.33. The van der Waals surface area contributed by atoms with E-state index in [2.05, 4.69) is 4.98 Å². The molecule has 0 N–H and O–H groups in total. The number of Topliss-reactive ketones (excluding diaryl/α,β-unsaturated/α-hetero) is 1. The topological polar surface area (TPSA) is 39.2 Å². The van der Waals surface area contributed by atoms with Crippen molar-refractivity contribution in [3.63, 3.8) is 0 Å². The highest BCUT2D eigenvalue weighted by molar-refractivity contribution is 5.86. The summed E-state index contributed by atoms with van der Waals surface area (Å²) in [5.74, 6) is 2.96. The summed E-state index contributed by atoms with van der Waals surface area (Å²) in [6.07, 6.45) is 7.41. The molecule has 0 aromatic carbocycles. The first kappa shape index (κ1) is 13.6. The molecule has 3 heteroatoms. The number of hydrogen-bond donors (Lipinski definition) is 0. The third-order valence-electron chi connectivity index (χ3n) is 5.12. The van der Waals surface area contributed by atoms with Gasteiger partial charge in [-0.25, -0.2) is 0 Å². The predicted octanol–water partition coefficient (Wildman–Crippen LogP) is 3.25. The maximum atomic E-state index is 12.5. The van der Waals surface area contributed by atoms with Gasteiger partial charge in [0.25, 0.3) is 0 Å². The van der Waals surface area contributed by atoms with Crippen LogP contribution in [0, 0.1) is 31.6 Å². The van der Waals surface area contributed by atoms with Gasteiger partial charge >= 0.3 is 0 Å². The zero-order chi connectivity index (χ0) is 14.3. The van der Waals surface area contributed by atoms with E-state index in [4.69, 9.17) is 4.74 Å². The average molecular weight is 273 g/mol. The van der Waals surface area contributed by atoms with E-state index < -0.39 is 0 Å². The standard InChI is InChI=1S/C17H23NO2/c1-10-9-18-14(11(2)17(10)20-3)8-15(19)16-12-6-4-5-7-13(12)16/h9,12-13,16H,4-8H2,1-3H3. The van der Waals surface area contributed by atoms with Crippen LogP contribution in [0.1, 0.15) is 42.5 Å². The van der Waals surface area contributed by atoms with Crippen molar-refractivity contribution in [1.29, 1.82) is 0 Å². The second-order valence-corrected chi connectivity index (χ2v) is 6.33. The van der Waals surface area contributed by atoms with E-state index in [9.17, 15) is 4.79 Å². The van der Waals surface area contributed by atoms with Crippen LogP contribution in [-0.2, 0) is 11.2 Å². The summed E-state index contributed by atoms with van der Waals surface area (Å²) in [6.45, 7) is 3.99. The summed E-state index contributed by atoms with van der Waals surface area (Å²) in [6, 6.07) is 0. The fraction of sp³-hybridized carbons (Fsp3) is 0.647. The van der Waals surface area contributed by atoms with Gasteiger partial charge in [-0.15, -0.1) is 0 Å². The fourth-order valence-corrected chi connectivity index (χ4v) is 4.00. The minimum Gasteiger partial charge on any atom is -0.496 e. The van der Waals surface area contributed by atoms with Gasteiger partial charge < -0.3 is 4.74 Å². The van der Waals surface area contributed by atoms with Gasteiger partial charge in [0.15, 0.2) is 0 Å². The number of aromatic nitrogens is 1. The van der Waals surface area contributed by atoms with Crippen LogP contribution in [0.25, 0.3) is 0 Å². The summed E-state index contributed by atoms with van der Waals surface area (Å²) in [5, 5.41) is 0. The number of pyridine rings is 1. The Morgan fingerprint density at radius 1 is 1.30 bits per heavy atom. The molecule has 0 aliphatic heterocycles.